The topological polar surface area (TPSA) is 56.5 Å². The quantitative estimate of drug-likeness (QED) is 0.453. The van der Waals surface area contributed by atoms with E-state index in [2.05, 4.69) is 0 Å². The SMILES string of the molecule is CCCCOC(=O)C1CC1C(=O)c1cc(Cl)c2occc2c1. The zero-order valence-electron chi connectivity index (χ0n) is 12.3. The van der Waals surface area contributed by atoms with Crippen LogP contribution in [0.15, 0.2) is 28.9 Å². The van der Waals surface area contributed by atoms with Crippen LogP contribution < -0.4 is 0 Å². The number of fused-ring (bicyclic) bond motifs is 1. The van der Waals surface area contributed by atoms with E-state index >= 15 is 0 Å². The maximum atomic E-state index is 12.5. The summed E-state index contributed by atoms with van der Waals surface area (Å²) in [6, 6.07) is 5.12. The minimum Gasteiger partial charge on any atom is -0.465 e. The lowest BCUT2D eigenvalue weighted by atomic mass is 10.0. The molecule has 4 nitrogen and oxygen atoms in total. The predicted octanol–water partition coefficient (Wildman–Crippen LogP) is 4.25. The molecule has 2 atom stereocenters. The number of carbonyl (C=O) groups excluding carboxylic acids is 2. The fourth-order valence-corrected chi connectivity index (χ4v) is 2.84. The van der Waals surface area contributed by atoms with Crippen molar-refractivity contribution in [2.24, 2.45) is 11.8 Å². The highest BCUT2D eigenvalue weighted by Gasteiger charge is 2.49. The Balaban J connectivity index is 1.68. The number of esters is 1. The molecule has 1 fully saturated rings. The van der Waals surface area contributed by atoms with E-state index in [4.69, 9.17) is 20.8 Å². The molecule has 2 aromatic rings. The number of hydrogen-bond acceptors (Lipinski definition) is 4. The first-order chi connectivity index (χ1) is 10.6. The molecule has 1 aromatic heterocycles. The van der Waals surface area contributed by atoms with Crippen LogP contribution in [0.2, 0.25) is 5.02 Å². The van der Waals surface area contributed by atoms with Crippen molar-refractivity contribution in [3.8, 4) is 0 Å². The molecule has 3 rings (SSSR count). The van der Waals surface area contributed by atoms with Crippen LogP contribution in [0.25, 0.3) is 11.0 Å². The van der Waals surface area contributed by atoms with Gasteiger partial charge in [-0.05, 0) is 31.0 Å². The van der Waals surface area contributed by atoms with Crippen molar-refractivity contribution >= 4 is 34.3 Å². The molecule has 1 aliphatic rings. The van der Waals surface area contributed by atoms with Gasteiger partial charge in [0.1, 0.15) is 0 Å². The van der Waals surface area contributed by atoms with Crippen LogP contribution in [0.5, 0.6) is 0 Å². The van der Waals surface area contributed by atoms with E-state index in [1.54, 1.807) is 18.2 Å². The lowest BCUT2D eigenvalue weighted by Crippen LogP contribution is -2.12. The number of ether oxygens (including phenoxy) is 1. The highest BCUT2D eigenvalue weighted by atomic mass is 35.5. The predicted molar refractivity (Wildman–Crippen MR) is 83.0 cm³/mol. The van der Waals surface area contributed by atoms with Crippen LogP contribution in [-0.2, 0) is 9.53 Å². The van der Waals surface area contributed by atoms with E-state index < -0.39 is 0 Å². The van der Waals surface area contributed by atoms with Crippen molar-refractivity contribution in [2.75, 3.05) is 6.61 Å². The average molecular weight is 321 g/mol. The fourth-order valence-electron chi connectivity index (χ4n) is 2.56. The first-order valence-corrected chi connectivity index (χ1v) is 7.87. The molecule has 0 saturated heterocycles. The third-order valence-corrected chi connectivity index (χ3v) is 4.24. The molecule has 0 aliphatic heterocycles. The number of hydrogen-bond donors (Lipinski definition) is 0. The molecule has 0 spiro atoms. The average Bonchev–Trinajstić information content (AvgIpc) is 3.16. The zero-order chi connectivity index (χ0) is 15.7. The highest BCUT2D eigenvalue weighted by Crippen LogP contribution is 2.42. The van der Waals surface area contributed by atoms with Crippen LogP contribution in [0.4, 0.5) is 0 Å². The van der Waals surface area contributed by atoms with Gasteiger partial charge in [-0.3, -0.25) is 9.59 Å². The summed E-state index contributed by atoms with van der Waals surface area (Å²) in [7, 11) is 0. The summed E-state index contributed by atoms with van der Waals surface area (Å²) in [5.41, 5.74) is 1.09. The summed E-state index contributed by atoms with van der Waals surface area (Å²) < 4.78 is 10.4. The summed E-state index contributed by atoms with van der Waals surface area (Å²) in [5.74, 6) is -0.901. The van der Waals surface area contributed by atoms with E-state index in [-0.39, 0.29) is 23.6 Å². The maximum Gasteiger partial charge on any atom is 0.309 e. The number of unbranched alkanes of at least 4 members (excludes halogenated alkanes) is 1. The molecule has 5 heteroatoms. The van der Waals surface area contributed by atoms with E-state index in [9.17, 15) is 9.59 Å². The second-order valence-electron chi connectivity index (χ2n) is 5.63. The summed E-state index contributed by atoms with van der Waals surface area (Å²) >= 11 is 6.12. The summed E-state index contributed by atoms with van der Waals surface area (Å²) in [5, 5.41) is 1.20. The van der Waals surface area contributed by atoms with E-state index in [1.165, 1.54) is 6.26 Å². The third kappa shape index (κ3) is 2.88. The summed E-state index contributed by atoms with van der Waals surface area (Å²) in [6.07, 6.45) is 3.92. The highest BCUT2D eigenvalue weighted by molar-refractivity contribution is 6.35. The minimum atomic E-state index is -0.303. The first kappa shape index (κ1) is 15.1. The Morgan fingerprint density at radius 2 is 2.18 bits per heavy atom. The second kappa shape index (κ2) is 6.13. The van der Waals surface area contributed by atoms with Gasteiger partial charge in [0.05, 0.1) is 23.8 Å². The zero-order valence-corrected chi connectivity index (χ0v) is 13.1. The van der Waals surface area contributed by atoms with Crippen molar-refractivity contribution < 1.29 is 18.7 Å². The maximum absolute atomic E-state index is 12.5. The van der Waals surface area contributed by atoms with E-state index in [0.29, 0.717) is 29.2 Å². The van der Waals surface area contributed by atoms with Crippen molar-refractivity contribution in [1.29, 1.82) is 0 Å². The van der Waals surface area contributed by atoms with Gasteiger partial charge in [0.15, 0.2) is 11.4 Å². The van der Waals surface area contributed by atoms with E-state index in [1.807, 2.05) is 6.92 Å². The molecule has 1 heterocycles. The molecule has 0 bridgehead atoms. The lowest BCUT2D eigenvalue weighted by Gasteiger charge is -2.04. The second-order valence-corrected chi connectivity index (χ2v) is 6.04. The van der Waals surface area contributed by atoms with Gasteiger partial charge in [-0.15, -0.1) is 0 Å². The monoisotopic (exact) mass is 320 g/mol. The van der Waals surface area contributed by atoms with Gasteiger partial charge >= 0.3 is 5.97 Å². The summed E-state index contributed by atoms with van der Waals surface area (Å²) in [6.45, 7) is 2.46. The standard InChI is InChI=1S/C17H17ClO4/c1-2-3-5-22-17(20)13-9-12(13)15(19)11-7-10-4-6-21-16(10)14(18)8-11/h4,6-8,12-13H,2-3,5,9H2,1H3. The number of furan rings is 1. The van der Waals surface area contributed by atoms with Crippen molar-refractivity contribution in [1.82, 2.24) is 0 Å². The van der Waals surface area contributed by atoms with Gasteiger partial charge in [-0.1, -0.05) is 24.9 Å². The minimum absolute atomic E-state index is 0.0533. The van der Waals surface area contributed by atoms with Crippen LogP contribution >= 0.6 is 11.6 Å². The van der Waals surface area contributed by atoms with Crippen LogP contribution in [0.1, 0.15) is 36.5 Å². The molecule has 22 heavy (non-hydrogen) atoms. The first-order valence-electron chi connectivity index (χ1n) is 7.49. The molecule has 0 radical (unpaired) electrons. The Kier molecular flexibility index (Phi) is 4.21. The largest absolute Gasteiger partial charge is 0.465 e. The van der Waals surface area contributed by atoms with Crippen LogP contribution in [0, 0.1) is 11.8 Å². The van der Waals surface area contributed by atoms with Crippen LogP contribution in [0.3, 0.4) is 0 Å². The number of benzene rings is 1. The van der Waals surface area contributed by atoms with Gasteiger partial charge < -0.3 is 9.15 Å². The smallest absolute Gasteiger partial charge is 0.309 e. The summed E-state index contributed by atoms with van der Waals surface area (Å²) in [4.78, 5) is 24.3. The van der Waals surface area contributed by atoms with Crippen molar-refractivity contribution in [3.05, 3.63) is 35.0 Å². The Bertz CT molecular complexity index is 719. The molecule has 0 N–H and O–H groups in total. The molecular formula is C17H17ClO4. The van der Waals surface area contributed by atoms with Gasteiger partial charge in [0.2, 0.25) is 0 Å². The van der Waals surface area contributed by atoms with Crippen molar-refractivity contribution in [3.63, 3.8) is 0 Å². The van der Waals surface area contributed by atoms with Gasteiger partial charge in [-0.25, -0.2) is 0 Å². The molecular weight excluding hydrogens is 304 g/mol. The third-order valence-electron chi connectivity index (χ3n) is 3.96. The molecule has 1 aromatic carbocycles. The molecule has 1 aliphatic carbocycles. The normalized spacial score (nSPS) is 20.1. The van der Waals surface area contributed by atoms with Crippen molar-refractivity contribution in [2.45, 2.75) is 26.2 Å². The molecule has 2 unspecified atom stereocenters. The Labute approximate surface area is 133 Å². The number of Topliss-reactive ketones (excluding diaryl/α,β-unsaturated/α-hetero) is 1. The Morgan fingerprint density at radius 3 is 2.95 bits per heavy atom. The molecule has 116 valence electrons. The Morgan fingerprint density at radius 1 is 1.36 bits per heavy atom. The molecule has 0 amide bonds. The van der Waals surface area contributed by atoms with Gasteiger partial charge in [0.25, 0.3) is 0 Å². The number of halogens is 1. The number of ketones is 1. The van der Waals surface area contributed by atoms with Gasteiger partial charge in [-0.2, -0.15) is 0 Å². The van der Waals surface area contributed by atoms with Gasteiger partial charge in [0, 0.05) is 16.9 Å². The lowest BCUT2D eigenvalue weighted by molar-refractivity contribution is -0.145. The number of carbonyl (C=O) groups is 2. The Hall–Kier alpha value is -1.81. The van der Waals surface area contributed by atoms with Crippen LogP contribution in [-0.4, -0.2) is 18.4 Å². The molecule has 1 saturated carbocycles. The van der Waals surface area contributed by atoms with E-state index in [0.717, 1.165) is 18.2 Å². The number of rotatable bonds is 6. The fraction of sp³-hybridized carbons (Fsp3) is 0.412.